The van der Waals surface area contributed by atoms with Gasteiger partial charge in [-0.3, -0.25) is 0 Å². The Morgan fingerprint density at radius 1 is 1.45 bits per heavy atom. The topological polar surface area (TPSA) is 70.4 Å². The summed E-state index contributed by atoms with van der Waals surface area (Å²) in [5.41, 5.74) is 2.92. The predicted molar refractivity (Wildman–Crippen MR) is 80.2 cm³/mol. The standard InChI is InChI=1S/C14H18N4O2/c1-9(2)8-15-13(19)16-10-5-6-11-12(7-10)20-14(17-11)18(3)4/h5-7H,1,8H2,2-4H3,(H2,15,16,19). The molecule has 6 heteroatoms. The molecule has 1 heterocycles. The summed E-state index contributed by atoms with van der Waals surface area (Å²) >= 11 is 0. The molecule has 6 nitrogen and oxygen atoms in total. The van der Waals surface area contributed by atoms with Gasteiger partial charge in [0.05, 0.1) is 0 Å². The molecule has 0 spiro atoms. The number of benzene rings is 1. The Morgan fingerprint density at radius 2 is 2.20 bits per heavy atom. The Labute approximate surface area is 117 Å². The highest BCUT2D eigenvalue weighted by Gasteiger charge is 2.09. The zero-order valence-electron chi connectivity index (χ0n) is 11.9. The third kappa shape index (κ3) is 3.28. The zero-order chi connectivity index (χ0) is 14.7. The van der Waals surface area contributed by atoms with Gasteiger partial charge in [-0.1, -0.05) is 12.2 Å². The zero-order valence-corrected chi connectivity index (χ0v) is 11.9. The van der Waals surface area contributed by atoms with Crippen LogP contribution in [0.5, 0.6) is 0 Å². The van der Waals surface area contributed by atoms with E-state index in [4.69, 9.17) is 4.42 Å². The molecule has 2 aromatic rings. The molecule has 0 saturated carbocycles. The molecule has 106 valence electrons. The van der Waals surface area contributed by atoms with Crippen LogP contribution in [0.15, 0.2) is 34.8 Å². The summed E-state index contributed by atoms with van der Waals surface area (Å²) in [6, 6.07) is 5.59. The molecule has 20 heavy (non-hydrogen) atoms. The number of carbonyl (C=O) groups excluding carboxylic acids is 1. The number of hydrogen-bond donors (Lipinski definition) is 2. The lowest BCUT2D eigenvalue weighted by Crippen LogP contribution is -2.29. The molecule has 0 aliphatic rings. The molecule has 2 N–H and O–H groups in total. The molecule has 0 radical (unpaired) electrons. The van der Waals surface area contributed by atoms with Crippen molar-refractivity contribution in [1.82, 2.24) is 10.3 Å². The lowest BCUT2D eigenvalue weighted by atomic mass is 10.3. The highest BCUT2D eigenvalue weighted by Crippen LogP contribution is 2.23. The van der Waals surface area contributed by atoms with Crippen molar-refractivity contribution in [3.05, 3.63) is 30.4 Å². The average Bonchev–Trinajstić information content (AvgIpc) is 2.79. The van der Waals surface area contributed by atoms with Gasteiger partial charge in [0, 0.05) is 32.4 Å². The van der Waals surface area contributed by atoms with Crippen LogP contribution in [0, 0.1) is 0 Å². The molecule has 2 amide bonds. The number of aromatic nitrogens is 1. The van der Waals surface area contributed by atoms with E-state index in [1.54, 1.807) is 23.1 Å². The fraction of sp³-hybridized carbons (Fsp3) is 0.286. The minimum absolute atomic E-state index is 0.278. The summed E-state index contributed by atoms with van der Waals surface area (Å²) in [5, 5.41) is 5.43. The van der Waals surface area contributed by atoms with E-state index >= 15 is 0 Å². The van der Waals surface area contributed by atoms with Crippen molar-refractivity contribution in [3.8, 4) is 0 Å². The number of rotatable bonds is 4. The molecular weight excluding hydrogens is 256 g/mol. The number of fused-ring (bicyclic) bond motifs is 1. The van der Waals surface area contributed by atoms with Crippen molar-refractivity contribution < 1.29 is 9.21 Å². The van der Waals surface area contributed by atoms with Gasteiger partial charge in [0.2, 0.25) is 0 Å². The van der Waals surface area contributed by atoms with Gasteiger partial charge in [0.1, 0.15) is 5.52 Å². The molecule has 0 unspecified atom stereocenters. The second-order valence-electron chi connectivity index (χ2n) is 4.84. The van der Waals surface area contributed by atoms with E-state index in [0.29, 0.717) is 23.8 Å². The van der Waals surface area contributed by atoms with E-state index in [0.717, 1.165) is 11.1 Å². The summed E-state index contributed by atoms with van der Waals surface area (Å²) in [7, 11) is 3.71. The summed E-state index contributed by atoms with van der Waals surface area (Å²) in [6.07, 6.45) is 0. The van der Waals surface area contributed by atoms with Crippen molar-refractivity contribution in [1.29, 1.82) is 0 Å². The van der Waals surface area contributed by atoms with Gasteiger partial charge < -0.3 is 20.0 Å². The fourth-order valence-electron chi connectivity index (χ4n) is 1.59. The largest absolute Gasteiger partial charge is 0.423 e. The maximum atomic E-state index is 11.6. The lowest BCUT2D eigenvalue weighted by molar-refractivity contribution is 0.253. The molecule has 0 aliphatic carbocycles. The van der Waals surface area contributed by atoms with Crippen LogP contribution >= 0.6 is 0 Å². The van der Waals surface area contributed by atoms with Gasteiger partial charge in [-0.15, -0.1) is 0 Å². The van der Waals surface area contributed by atoms with Gasteiger partial charge in [0.25, 0.3) is 6.01 Å². The SMILES string of the molecule is C=C(C)CNC(=O)Nc1ccc2nc(N(C)C)oc2c1. The van der Waals surface area contributed by atoms with Crippen molar-refractivity contribution in [3.63, 3.8) is 0 Å². The molecule has 0 bridgehead atoms. The first-order valence-electron chi connectivity index (χ1n) is 6.23. The number of oxazole rings is 1. The van der Waals surface area contributed by atoms with E-state index in [-0.39, 0.29) is 6.03 Å². The predicted octanol–water partition coefficient (Wildman–Crippen LogP) is 2.59. The van der Waals surface area contributed by atoms with Crippen LogP contribution in [-0.4, -0.2) is 31.7 Å². The van der Waals surface area contributed by atoms with Crippen LogP contribution < -0.4 is 15.5 Å². The third-order valence-electron chi connectivity index (χ3n) is 2.57. The number of carbonyl (C=O) groups is 1. The third-order valence-corrected chi connectivity index (χ3v) is 2.57. The number of amides is 2. The highest BCUT2D eigenvalue weighted by atomic mass is 16.4. The van der Waals surface area contributed by atoms with Crippen molar-refractivity contribution in [2.24, 2.45) is 0 Å². The number of anilines is 2. The minimum atomic E-state index is -0.278. The Hall–Kier alpha value is -2.50. The number of hydrogen-bond acceptors (Lipinski definition) is 4. The van der Waals surface area contributed by atoms with Gasteiger partial charge >= 0.3 is 6.03 Å². The molecule has 0 fully saturated rings. The molecule has 0 atom stereocenters. The van der Waals surface area contributed by atoms with Gasteiger partial charge in [-0.25, -0.2) is 4.79 Å². The molecular formula is C14H18N4O2. The van der Waals surface area contributed by atoms with Crippen LogP contribution in [-0.2, 0) is 0 Å². The summed E-state index contributed by atoms with van der Waals surface area (Å²) in [5.74, 6) is 0. The Kier molecular flexibility index (Phi) is 3.93. The summed E-state index contributed by atoms with van der Waals surface area (Å²) < 4.78 is 5.58. The van der Waals surface area contributed by atoms with E-state index < -0.39 is 0 Å². The smallest absolute Gasteiger partial charge is 0.319 e. The van der Waals surface area contributed by atoms with Crippen molar-refractivity contribution >= 4 is 28.8 Å². The van der Waals surface area contributed by atoms with Crippen molar-refractivity contribution in [2.75, 3.05) is 30.9 Å². The number of nitrogens with one attached hydrogen (secondary N) is 2. The van der Waals surface area contributed by atoms with Crippen LogP contribution in [0.4, 0.5) is 16.5 Å². The van der Waals surface area contributed by atoms with E-state index in [1.807, 2.05) is 21.0 Å². The maximum absolute atomic E-state index is 11.6. The van der Waals surface area contributed by atoms with Gasteiger partial charge in [0.15, 0.2) is 5.58 Å². The van der Waals surface area contributed by atoms with E-state index in [2.05, 4.69) is 22.2 Å². The first-order valence-corrected chi connectivity index (χ1v) is 6.23. The van der Waals surface area contributed by atoms with Crippen LogP contribution in [0.1, 0.15) is 6.92 Å². The molecule has 2 rings (SSSR count). The highest BCUT2D eigenvalue weighted by molar-refractivity contribution is 5.91. The monoisotopic (exact) mass is 274 g/mol. The van der Waals surface area contributed by atoms with Crippen LogP contribution in [0.2, 0.25) is 0 Å². The molecule has 1 aromatic heterocycles. The summed E-state index contributed by atoms with van der Waals surface area (Å²) in [6.45, 7) is 6.02. The van der Waals surface area contributed by atoms with E-state index in [1.165, 1.54) is 0 Å². The average molecular weight is 274 g/mol. The molecule has 0 aliphatic heterocycles. The molecule has 1 aromatic carbocycles. The maximum Gasteiger partial charge on any atom is 0.319 e. The quantitative estimate of drug-likeness (QED) is 0.841. The van der Waals surface area contributed by atoms with Gasteiger partial charge in [-0.2, -0.15) is 4.98 Å². The fourth-order valence-corrected chi connectivity index (χ4v) is 1.59. The Balaban J connectivity index is 2.11. The first-order chi connectivity index (χ1) is 9.45. The van der Waals surface area contributed by atoms with Crippen LogP contribution in [0.3, 0.4) is 0 Å². The normalized spacial score (nSPS) is 10.3. The minimum Gasteiger partial charge on any atom is -0.423 e. The van der Waals surface area contributed by atoms with Crippen LogP contribution in [0.25, 0.3) is 11.1 Å². The second-order valence-corrected chi connectivity index (χ2v) is 4.84. The van der Waals surface area contributed by atoms with E-state index in [9.17, 15) is 4.79 Å². The Bertz CT molecular complexity index is 646. The van der Waals surface area contributed by atoms with Gasteiger partial charge in [-0.05, 0) is 19.1 Å². The number of nitrogens with zero attached hydrogens (tertiary/aromatic N) is 2. The molecule has 0 saturated heterocycles. The number of urea groups is 1. The lowest BCUT2D eigenvalue weighted by Gasteiger charge is -2.06. The second kappa shape index (κ2) is 5.64. The first kappa shape index (κ1) is 13.9. The Morgan fingerprint density at radius 3 is 2.85 bits per heavy atom. The summed E-state index contributed by atoms with van der Waals surface area (Å²) in [4.78, 5) is 17.7. The van der Waals surface area contributed by atoms with Crippen molar-refractivity contribution in [2.45, 2.75) is 6.92 Å².